The summed E-state index contributed by atoms with van der Waals surface area (Å²) in [6.45, 7) is 10.1. The fourth-order valence-electron chi connectivity index (χ4n) is 2.79. The number of hydrogen-bond acceptors (Lipinski definition) is 3. The fraction of sp³-hybridized carbons (Fsp3) is 0.500. The highest BCUT2D eigenvalue weighted by Crippen LogP contribution is 2.36. The molecule has 0 saturated carbocycles. The first-order valence-corrected chi connectivity index (χ1v) is 8.55. The molecule has 1 aromatic heterocycles. The molecule has 3 rings (SSSR count). The average molecular weight is 366 g/mol. The SMILES string of the molecule is CCn1cc(C(F)(F)F)nc1-c1ccc(B2OC(C)(C)C(C)(C)O2)cc1. The van der Waals surface area contributed by atoms with Crippen molar-refractivity contribution < 1.29 is 22.5 Å². The van der Waals surface area contributed by atoms with Gasteiger partial charge in [0.25, 0.3) is 0 Å². The van der Waals surface area contributed by atoms with E-state index in [4.69, 9.17) is 9.31 Å². The number of halogens is 3. The van der Waals surface area contributed by atoms with Gasteiger partial charge < -0.3 is 13.9 Å². The Morgan fingerprint density at radius 1 is 1.04 bits per heavy atom. The number of hydrogen-bond donors (Lipinski definition) is 0. The first-order chi connectivity index (χ1) is 11.9. The molecule has 1 saturated heterocycles. The van der Waals surface area contributed by atoms with Gasteiger partial charge in [0, 0.05) is 18.3 Å². The van der Waals surface area contributed by atoms with Crippen LogP contribution in [0.1, 0.15) is 40.3 Å². The fourth-order valence-corrected chi connectivity index (χ4v) is 2.79. The quantitative estimate of drug-likeness (QED) is 0.774. The van der Waals surface area contributed by atoms with Gasteiger partial charge in [-0.3, -0.25) is 0 Å². The third-order valence-electron chi connectivity index (χ3n) is 5.10. The topological polar surface area (TPSA) is 36.3 Å². The molecule has 0 N–H and O–H groups in total. The molecule has 0 aliphatic carbocycles. The van der Waals surface area contributed by atoms with Crippen LogP contribution in [-0.2, 0) is 22.0 Å². The van der Waals surface area contributed by atoms with Crippen LogP contribution in [0.2, 0.25) is 0 Å². The van der Waals surface area contributed by atoms with E-state index in [1.807, 2.05) is 27.7 Å². The van der Waals surface area contributed by atoms with Crippen LogP contribution < -0.4 is 5.46 Å². The van der Waals surface area contributed by atoms with E-state index in [1.54, 1.807) is 31.2 Å². The normalized spacial score (nSPS) is 19.2. The lowest BCUT2D eigenvalue weighted by molar-refractivity contribution is -0.140. The second-order valence-corrected chi connectivity index (χ2v) is 7.44. The van der Waals surface area contributed by atoms with Crippen LogP contribution in [0.4, 0.5) is 13.2 Å². The zero-order valence-electron chi connectivity index (χ0n) is 15.5. The lowest BCUT2D eigenvalue weighted by atomic mass is 9.79. The predicted molar refractivity (Wildman–Crippen MR) is 94.1 cm³/mol. The van der Waals surface area contributed by atoms with Gasteiger partial charge in [-0.15, -0.1) is 0 Å². The number of imidazole rings is 1. The molecule has 2 aromatic rings. The smallest absolute Gasteiger partial charge is 0.399 e. The van der Waals surface area contributed by atoms with E-state index in [0.717, 1.165) is 11.7 Å². The highest BCUT2D eigenvalue weighted by Gasteiger charge is 2.51. The van der Waals surface area contributed by atoms with Crippen molar-refractivity contribution in [3.8, 4) is 11.4 Å². The van der Waals surface area contributed by atoms with Gasteiger partial charge in [0.1, 0.15) is 5.82 Å². The summed E-state index contributed by atoms with van der Waals surface area (Å²) >= 11 is 0. The third kappa shape index (κ3) is 3.28. The Balaban J connectivity index is 1.89. The summed E-state index contributed by atoms with van der Waals surface area (Å²) in [6.07, 6.45) is -3.42. The molecule has 4 nitrogen and oxygen atoms in total. The number of nitrogens with zero attached hydrogens (tertiary/aromatic N) is 2. The van der Waals surface area contributed by atoms with E-state index in [1.165, 1.54) is 4.57 Å². The summed E-state index contributed by atoms with van der Waals surface area (Å²) in [6, 6.07) is 7.10. The number of benzene rings is 1. The van der Waals surface area contributed by atoms with E-state index in [-0.39, 0.29) is 0 Å². The second kappa shape index (κ2) is 6.13. The number of aromatic nitrogens is 2. The molecule has 0 unspecified atom stereocenters. The predicted octanol–water partition coefficient (Wildman–Crippen LogP) is 3.89. The molecule has 26 heavy (non-hydrogen) atoms. The van der Waals surface area contributed by atoms with Crippen molar-refractivity contribution in [3.05, 3.63) is 36.2 Å². The Hall–Kier alpha value is -1.80. The van der Waals surface area contributed by atoms with Crippen molar-refractivity contribution in [2.24, 2.45) is 0 Å². The molecule has 1 fully saturated rings. The second-order valence-electron chi connectivity index (χ2n) is 7.44. The van der Waals surface area contributed by atoms with Gasteiger partial charge >= 0.3 is 13.3 Å². The molecule has 2 heterocycles. The summed E-state index contributed by atoms with van der Waals surface area (Å²) in [7, 11) is -0.509. The molecule has 1 aromatic carbocycles. The van der Waals surface area contributed by atoms with Crippen LogP contribution in [0.3, 0.4) is 0 Å². The molecular formula is C18H22BF3N2O2. The summed E-state index contributed by atoms with van der Waals surface area (Å²) in [4.78, 5) is 3.77. The first-order valence-electron chi connectivity index (χ1n) is 8.55. The monoisotopic (exact) mass is 366 g/mol. The van der Waals surface area contributed by atoms with Crippen LogP contribution in [0.15, 0.2) is 30.5 Å². The summed E-state index contributed by atoms with van der Waals surface area (Å²) in [5, 5.41) is 0. The van der Waals surface area contributed by atoms with E-state index in [9.17, 15) is 13.2 Å². The maximum Gasteiger partial charge on any atom is 0.494 e. The zero-order chi connectivity index (χ0) is 19.3. The highest BCUT2D eigenvalue weighted by molar-refractivity contribution is 6.62. The van der Waals surface area contributed by atoms with Gasteiger partial charge in [-0.05, 0) is 40.1 Å². The van der Waals surface area contributed by atoms with Crippen LogP contribution in [-0.4, -0.2) is 27.9 Å². The van der Waals surface area contributed by atoms with Crippen LogP contribution >= 0.6 is 0 Å². The Morgan fingerprint density at radius 3 is 2.04 bits per heavy atom. The zero-order valence-corrected chi connectivity index (χ0v) is 15.5. The molecule has 1 aliphatic heterocycles. The van der Waals surface area contributed by atoms with E-state index in [0.29, 0.717) is 17.9 Å². The van der Waals surface area contributed by atoms with E-state index >= 15 is 0 Å². The highest BCUT2D eigenvalue weighted by atomic mass is 19.4. The van der Waals surface area contributed by atoms with Gasteiger partial charge in [0.15, 0.2) is 5.69 Å². The summed E-state index contributed by atoms with van der Waals surface area (Å²) in [5.41, 5.74) is -0.350. The number of rotatable bonds is 3. The minimum absolute atomic E-state index is 0.292. The molecule has 0 bridgehead atoms. The van der Waals surface area contributed by atoms with E-state index < -0.39 is 30.2 Å². The maximum atomic E-state index is 12.9. The summed E-state index contributed by atoms with van der Waals surface area (Å²) in [5.74, 6) is 0.292. The third-order valence-corrected chi connectivity index (χ3v) is 5.10. The maximum absolute atomic E-state index is 12.9. The molecule has 140 valence electrons. The number of alkyl halides is 3. The number of aryl methyl sites for hydroxylation is 1. The Morgan fingerprint density at radius 2 is 1.58 bits per heavy atom. The standard InChI is InChI=1S/C18H22BF3N2O2/c1-6-24-11-14(18(20,21)22)23-15(24)12-7-9-13(10-8-12)19-25-16(2,3)17(4,5)26-19/h7-11H,6H2,1-5H3. The van der Waals surface area contributed by atoms with Gasteiger partial charge in [0.2, 0.25) is 0 Å². The molecular weight excluding hydrogens is 344 g/mol. The molecule has 8 heteroatoms. The first kappa shape index (κ1) is 19.0. The van der Waals surface area contributed by atoms with Gasteiger partial charge in [-0.2, -0.15) is 13.2 Å². The Kier molecular flexibility index (Phi) is 4.47. The lowest BCUT2D eigenvalue weighted by Crippen LogP contribution is -2.41. The van der Waals surface area contributed by atoms with Crippen molar-refractivity contribution in [1.29, 1.82) is 0 Å². The summed E-state index contributed by atoms with van der Waals surface area (Å²) < 4.78 is 52.3. The van der Waals surface area contributed by atoms with Gasteiger partial charge in [0.05, 0.1) is 11.2 Å². The van der Waals surface area contributed by atoms with Crippen molar-refractivity contribution in [3.63, 3.8) is 0 Å². The average Bonchev–Trinajstić information content (AvgIpc) is 3.06. The van der Waals surface area contributed by atoms with Gasteiger partial charge in [-0.1, -0.05) is 24.3 Å². The lowest BCUT2D eigenvalue weighted by Gasteiger charge is -2.32. The molecule has 1 aliphatic rings. The molecule has 0 radical (unpaired) electrons. The van der Waals surface area contributed by atoms with Crippen molar-refractivity contribution >= 4 is 12.6 Å². The van der Waals surface area contributed by atoms with Crippen molar-refractivity contribution in [1.82, 2.24) is 9.55 Å². The Bertz CT molecular complexity index is 782. The van der Waals surface area contributed by atoms with Crippen molar-refractivity contribution in [2.75, 3.05) is 0 Å². The molecule has 0 spiro atoms. The largest absolute Gasteiger partial charge is 0.494 e. The van der Waals surface area contributed by atoms with Crippen LogP contribution in [0, 0.1) is 0 Å². The van der Waals surface area contributed by atoms with Gasteiger partial charge in [-0.25, -0.2) is 4.98 Å². The van der Waals surface area contributed by atoms with Crippen molar-refractivity contribution in [2.45, 2.75) is 58.5 Å². The van der Waals surface area contributed by atoms with Crippen LogP contribution in [0.25, 0.3) is 11.4 Å². The molecule has 0 atom stereocenters. The molecule has 0 amide bonds. The minimum Gasteiger partial charge on any atom is -0.399 e. The van der Waals surface area contributed by atoms with E-state index in [2.05, 4.69) is 4.98 Å². The Labute approximate surface area is 151 Å². The van der Waals surface area contributed by atoms with Crippen LogP contribution in [0.5, 0.6) is 0 Å². The minimum atomic E-state index is -4.46.